The minimum Gasteiger partial charge on any atom is -0.350 e. The molecule has 1 amide bonds. The molecule has 4 nitrogen and oxygen atoms in total. The van der Waals surface area contributed by atoms with Crippen molar-refractivity contribution in [2.75, 3.05) is 6.54 Å². The molecule has 0 saturated carbocycles. The summed E-state index contributed by atoms with van der Waals surface area (Å²) in [6.07, 6.45) is -13.9. The van der Waals surface area contributed by atoms with Crippen LogP contribution in [0.4, 0.5) is 39.5 Å². The van der Waals surface area contributed by atoms with Gasteiger partial charge in [-0.15, -0.1) is 0 Å². The van der Waals surface area contributed by atoms with E-state index in [4.69, 9.17) is 0 Å². The zero-order valence-corrected chi connectivity index (χ0v) is 13.5. The number of aromatic nitrogens is 2. The standard InChI is InChI=1S/C15H10F9N3O/c16-13(17,18)9-5-8(6-10(7-9)14(19,20)21)12(28)25-2-4-27-3-1-11(26-27)15(22,23)24/h1,3,5-7H,2,4H2,(H,25,28). The molecule has 0 bridgehead atoms. The summed E-state index contributed by atoms with van der Waals surface area (Å²) in [6.45, 7) is -0.664. The average Bonchev–Trinajstić information content (AvgIpc) is 3.02. The average molecular weight is 419 g/mol. The van der Waals surface area contributed by atoms with Crippen molar-refractivity contribution < 1.29 is 44.3 Å². The van der Waals surface area contributed by atoms with Crippen LogP contribution >= 0.6 is 0 Å². The van der Waals surface area contributed by atoms with E-state index >= 15 is 0 Å². The molecule has 1 heterocycles. The van der Waals surface area contributed by atoms with Gasteiger partial charge in [0.15, 0.2) is 5.69 Å². The van der Waals surface area contributed by atoms with Crippen molar-refractivity contribution in [1.29, 1.82) is 0 Å². The lowest BCUT2D eigenvalue weighted by Gasteiger charge is -2.14. The zero-order chi connectivity index (χ0) is 21.3. The largest absolute Gasteiger partial charge is 0.435 e. The molecule has 0 fully saturated rings. The van der Waals surface area contributed by atoms with Gasteiger partial charge in [-0.05, 0) is 24.3 Å². The number of amides is 1. The third-order valence-corrected chi connectivity index (χ3v) is 3.41. The number of halogens is 9. The second kappa shape index (κ2) is 7.36. The van der Waals surface area contributed by atoms with Gasteiger partial charge < -0.3 is 5.32 Å². The second-order valence-electron chi connectivity index (χ2n) is 5.51. The van der Waals surface area contributed by atoms with Crippen LogP contribution in [0.1, 0.15) is 27.2 Å². The maximum atomic E-state index is 12.8. The fourth-order valence-corrected chi connectivity index (χ4v) is 2.11. The van der Waals surface area contributed by atoms with E-state index in [2.05, 4.69) is 5.10 Å². The number of carbonyl (C=O) groups is 1. The molecule has 0 aliphatic heterocycles. The molecular weight excluding hydrogens is 409 g/mol. The van der Waals surface area contributed by atoms with E-state index in [1.54, 1.807) is 0 Å². The van der Waals surface area contributed by atoms with Crippen LogP contribution in [0.15, 0.2) is 30.5 Å². The van der Waals surface area contributed by atoms with Gasteiger partial charge >= 0.3 is 18.5 Å². The van der Waals surface area contributed by atoms with E-state index in [9.17, 15) is 44.3 Å². The molecule has 13 heteroatoms. The number of rotatable bonds is 4. The van der Waals surface area contributed by atoms with Gasteiger partial charge in [0.1, 0.15) is 0 Å². The smallest absolute Gasteiger partial charge is 0.350 e. The van der Waals surface area contributed by atoms with Crippen LogP contribution < -0.4 is 5.32 Å². The van der Waals surface area contributed by atoms with Gasteiger partial charge in [-0.2, -0.15) is 44.6 Å². The predicted octanol–water partition coefficient (Wildman–Crippen LogP) is 4.37. The van der Waals surface area contributed by atoms with Crippen LogP contribution in [-0.2, 0) is 25.1 Å². The minimum atomic E-state index is -5.11. The Hall–Kier alpha value is -2.73. The molecule has 0 saturated heterocycles. The number of nitrogens with one attached hydrogen (secondary N) is 1. The SMILES string of the molecule is O=C(NCCn1ccc(C(F)(F)F)n1)c1cc(C(F)(F)F)cc(C(F)(F)F)c1. The highest BCUT2D eigenvalue weighted by Gasteiger charge is 2.37. The van der Waals surface area contributed by atoms with Crippen molar-refractivity contribution >= 4 is 5.91 Å². The van der Waals surface area contributed by atoms with Crippen LogP contribution in [0.3, 0.4) is 0 Å². The fraction of sp³-hybridized carbons (Fsp3) is 0.333. The van der Waals surface area contributed by atoms with Crippen LogP contribution in [0.5, 0.6) is 0 Å². The molecule has 0 aliphatic carbocycles. The molecule has 154 valence electrons. The molecule has 1 aromatic carbocycles. The van der Waals surface area contributed by atoms with Gasteiger partial charge in [-0.1, -0.05) is 0 Å². The molecule has 28 heavy (non-hydrogen) atoms. The molecule has 2 rings (SSSR count). The van der Waals surface area contributed by atoms with Crippen molar-refractivity contribution in [2.24, 2.45) is 0 Å². The number of hydrogen-bond donors (Lipinski definition) is 1. The normalized spacial score (nSPS) is 12.9. The van der Waals surface area contributed by atoms with E-state index in [-0.39, 0.29) is 31.3 Å². The highest BCUT2D eigenvalue weighted by molar-refractivity contribution is 5.94. The highest BCUT2D eigenvalue weighted by atomic mass is 19.4. The number of hydrogen-bond acceptors (Lipinski definition) is 2. The quantitative estimate of drug-likeness (QED) is 0.749. The van der Waals surface area contributed by atoms with E-state index in [1.807, 2.05) is 5.32 Å². The molecule has 0 radical (unpaired) electrons. The summed E-state index contributed by atoms with van der Waals surface area (Å²) in [6, 6.07) is 1.05. The van der Waals surface area contributed by atoms with Crippen molar-refractivity contribution in [2.45, 2.75) is 25.1 Å². The minimum absolute atomic E-state index is 0.126. The molecule has 0 spiro atoms. The predicted molar refractivity (Wildman–Crippen MR) is 76.0 cm³/mol. The van der Waals surface area contributed by atoms with E-state index in [1.165, 1.54) is 0 Å². The van der Waals surface area contributed by atoms with Gasteiger partial charge in [-0.25, -0.2) is 0 Å². The van der Waals surface area contributed by atoms with E-state index < -0.39 is 46.8 Å². The zero-order valence-electron chi connectivity index (χ0n) is 13.5. The summed E-state index contributed by atoms with van der Waals surface area (Å²) in [5.74, 6) is -1.25. The first-order chi connectivity index (χ1) is 12.7. The summed E-state index contributed by atoms with van der Waals surface area (Å²) < 4.78 is 115. The number of benzene rings is 1. The molecule has 0 aliphatic rings. The summed E-state index contributed by atoms with van der Waals surface area (Å²) in [5.41, 5.74) is -5.39. The maximum Gasteiger partial charge on any atom is 0.435 e. The lowest BCUT2D eigenvalue weighted by Crippen LogP contribution is -2.28. The van der Waals surface area contributed by atoms with Crippen molar-refractivity contribution in [3.63, 3.8) is 0 Å². The monoisotopic (exact) mass is 419 g/mol. The molecule has 0 atom stereocenters. The number of carbonyl (C=O) groups excluding carboxylic acids is 1. The topological polar surface area (TPSA) is 46.9 Å². The number of alkyl halides is 9. The van der Waals surface area contributed by atoms with Crippen molar-refractivity contribution in [3.8, 4) is 0 Å². The first-order valence-corrected chi connectivity index (χ1v) is 7.36. The van der Waals surface area contributed by atoms with E-state index in [0.717, 1.165) is 10.9 Å². The Morgan fingerprint density at radius 3 is 1.86 bits per heavy atom. The highest BCUT2D eigenvalue weighted by Crippen LogP contribution is 2.36. The summed E-state index contributed by atoms with van der Waals surface area (Å²) in [5, 5.41) is 5.22. The van der Waals surface area contributed by atoms with Gasteiger partial charge in [0.05, 0.1) is 17.7 Å². The van der Waals surface area contributed by atoms with Crippen molar-refractivity contribution in [1.82, 2.24) is 15.1 Å². The van der Waals surface area contributed by atoms with Crippen molar-refractivity contribution in [3.05, 3.63) is 52.8 Å². The Morgan fingerprint density at radius 1 is 0.893 bits per heavy atom. The Labute approximate surface area is 150 Å². The lowest BCUT2D eigenvalue weighted by molar-refractivity contribution is -0.143. The Balaban J connectivity index is 2.12. The molecule has 1 aromatic heterocycles. The lowest BCUT2D eigenvalue weighted by atomic mass is 10.0. The van der Waals surface area contributed by atoms with Crippen LogP contribution in [0.2, 0.25) is 0 Å². The maximum absolute atomic E-state index is 12.8. The summed E-state index contributed by atoms with van der Waals surface area (Å²) in [4.78, 5) is 11.9. The first kappa shape index (κ1) is 21.6. The van der Waals surface area contributed by atoms with Gasteiger partial charge in [-0.3, -0.25) is 9.48 Å². The number of nitrogens with zero attached hydrogens (tertiary/aromatic N) is 2. The third-order valence-electron chi connectivity index (χ3n) is 3.41. The molecule has 2 aromatic rings. The van der Waals surface area contributed by atoms with Gasteiger partial charge in [0, 0.05) is 18.3 Å². The summed E-state index contributed by atoms with van der Waals surface area (Å²) >= 11 is 0. The third kappa shape index (κ3) is 5.39. The Morgan fingerprint density at radius 2 is 1.43 bits per heavy atom. The Kier molecular flexibility index (Phi) is 5.67. The fourth-order valence-electron chi connectivity index (χ4n) is 2.11. The van der Waals surface area contributed by atoms with E-state index in [0.29, 0.717) is 6.07 Å². The van der Waals surface area contributed by atoms with Gasteiger partial charge in [0.25, 0.3) is 5.91 Å². The molecular formula is C15H10F9N3O. The summed E-state index contributed by atoms with van der Waals surface area (Å²) in [7, 11) is 0. The second-order valence-corrected chi connectivity index (χ2v) is 5.51. The molecule has 1 N–H and O–H groups in total. The van der Waals surface area contributed by atoms with Crippen LogP contribution in [-0.4, -0.2) is 22.2 Å². The molecule has 0 unspecified atom stereocenters. The van der Waals surface area contributed by atoms with Gasteiger partial charge in [0.2, 0.25) is 0 Å². The first-order valence-electron chi connectivity index (χ1n) is 7.36. The van der Waals surface area contributed by atoms with Crippen LogP contribution in [0, 0.1) is 0 Å². The Bertz CT molecular complexity index is 817. The van der Waals surface area contributed by atoms with Crippen LogP contribution in [0.25, 0.3) is 0 Å².